The molecule has 0 aromatic heterocycles. The molecular weight excluding hydrogens is 456 g/mol. The smallest absolute Gasteiger partial charge is 0.347 e. The number of esters is 1. The second kappa shape index (κ2) is 20.0. The number of phenolic OH excluding ortho intramolecular Hbond substituents is 1. The molecule has 0 spiro atoms. The number of thioether (sulfide) groups is 1. The Kier molecular flexibility index (Phi) is 19.2. The summed E-state index contributed by atoms with van der Waals surface area (Å²) in [4.78, 5) is 43.7. The van der Waals surface area contributed by atoms with Crippen molar-refractivity contribution in [2.45, 2.75) is 34.6 Å². The van der Waals surface area contributed by atoms with Gasteiger partial charge in [-0.1, -0.05) is 62.0 Å². The fraction of sp³-hybridized carbons (Fsp3) is 0.280. The first kappa shape index (κ1) is 32.6. The number of rotatable bonds is 5. The van der Waals surface area contributed by atoms with E-state index in [0.29, 0.717) is 5.56 Å². The first-order valence-electron chi connectivity index (χ1n) is 10.4. The highest BCUT2D eigenvalue weighted by molar-refractivity contribution is 8.13. The fourth-order valence-corrected chi connectivity index (χ4v) is 2.24. The summed E-state index contributed by atoms with van der Waals surface area (Å²) in [5.74, 6) is -1.46. The third kappa shape index (κ3) is 14.5. The summed E-state index contributed by atoms with van der Waals surface area (Å²) in [5.41, 5.74) is 5.06. The Labute approximate surface area is 205 Å². The molecule has 0 saturated heterocycles. The lowest BCUT2D eigenvalue weighted by molar-refractivity contribution is -0.123. The van der Waals surface area contributed by atoms with E-state index in [1.165, 1.54) is 19.1 Å². The monoisotopic (exact) mass is 490 g/mol. The molecule has 4 N–H and O–H groups in total. The molecule has 186 valence electrons. The standard InChI is InChI=1S/C15H12O4S.C4H8N2O2.C4H8.C2H6/c1-20-15(18)11-7-3-5-9-13(11)19-14(17)10-6-2-4-8-12(10)16;1-3(7)6-2-4(5)8;1-3-4-2;1-2/h2-9,16H,1H3;2H2,1H3,(H2,5,8)(H,6,7);3-4H,1-2H3;1-2H3/b;;4-3-;. The first-order chi connectivity index (χ1) is 16.2. The molecule has 0 radical (unpaired) electrons. The Morgan fingerprint density at radius 3 is 1.88 bits per heavy atom. The Balaban J connectivity index is 0. The number of benzene rings is 2. The van der Waals surface area contributed by atoms with Gasteiger partial charge in [0.15, 0.2) is 0 Å². The van der Waals surface area contributed by atoms with E-state index in [4.69, 9.17) is 4.74 Å². The number of allylic oxidation sites excluding steroid dienone is 2. The van der Waals surface area contributed by atoms with Crippen LogP contribution in [0.25, 0.3) is 0 Å². The van der Waals surface area contributed by atoms with Crippen LogP contribution in [0, 0.1) is 0 Å². The number of para-hydroxylation sites is 2. The minimum Gasteiger partial charge on any atom is -0.507 e. The third-order valence-corrected chi connectivity index (χ3v) is 4.05. The molecule has 2 aromatic carbocycles. The van der Waals surface area contributed by atoms with Gasteiger partial charge in [0.25, 0.3) is 0 Å². The van der Waals surface area contributed by atoms with E-state index < -0.39 is 11.9 Å². The number of nitrogens with two attached hydrogens (primary N) is 1. The van der Waals surface area contributed by atoms with E-state index in [1.54, 1.807) is 42.7 Å². The van der Waals surface area contributed by atoms with Crippen LogP contribution in [0.3, 0.4) is 0 Å². The molecule has 0 aliphatic heterocycles. The van der Waals surface area contributed by atoms with Gasteiger partial charge in [0.2, 0.25) is 16.9 Å². The van der Waals surface area contributed by atoms with Crippen molar-refractivity contribution < 1.29 is 29.0 Å². The second-order valence-electron chi connectivity index (χ2n) is 5.94. The highest BCUT2D eigenvalue weighted by Gasteiger charge is 2.17. The highest BCUT2D eigenvalue weighted by Crippen LogP contribution is 2.24. The maximum atomic E-state index is 12.0. The van der Waals surface area contributed by atoms with E-state index in [0.717, 1.165) is 11.8 Å². The predicted molar refractivity (Wildman–Crippen MR) is 137 cm³/mol. The van der Waals surface area contributed by atoms with Crippen LogP contribution >= 0.6 is 11.8 Å². The van der Waals surface area contributed by atoms with Gasteiger partial charge in [0.05, 0.1) is 12.1 Å². The zero-order valence-electron chi connectivity index (χ0n) is 20.5. The van der Waals surface area contributed by atoms with Crippen molar-refractivity contribution in [2.75, 3.05) is 12.8 Å². The second-order valence-corrected chi connectivity index (χ2v) is 6.72. The lowest BCUT2D eigenvalue weighted by atomic mass is 10.2. The largest absolute Gasteiger partial charge is 0.507 e. The minimum absolute atomic E-state index is 0.0545. The molecule has 0 aliphatic carbocycles. The Bertz CT molecular complexity index is 927. The molecule has 0 atom stereocenters. The van der Waals surface area contributed by atoms with Crippen LogP contribution < -0.4 is 15.8 Å². The van der Waals surface area contributed by atoms with Crippen LogP contribution in [0.1, 0.15) is 55.3 Å². The summed E-state index contributed by atoms with van der Waals surface area (Å²) in [5, 5.41) is 11.7. The summed E-state index contributed by atoms with van der Waals surface area (Å²) in [6.07, 6.45) is 5.66. The SMILES string of the molecule is C/C=C\C.CC.CC(=O)NCC(N)=O.CSC(=O)c1ccccc1OC(=O)c1ccccc1O. The number of primary amides is 1. The van der Waals surface area contributed by atoms with Crippen LogP contribution in [0.4, 0.5) is 0 Å². The van der Waals surface area contributed by atoms with Crippen molar-refractivity contribution in [2.24, 2.45) is 5.73 Å². The van der Waals surface area contributed by atoms with Crippen LogP contribution in [0.2, 0.25) is 0 Å². The maximum Gasteiger partial charge on any atom is 0.347 e. The molecule has 0 saturated carbocycles. The molecule has 8 nitrogen and oxygen atoms in total. The van der Waals surface area contributed by atoms with Gasteiger partial charge in [0.1, 0.15) is 17.1 Å². The number of hydrogen-bond acceptors (Lipinski definition) is 7. The number of aromatic hydroxyl groups is 1. The van der Waals surface area contributed by atoms with Crippen LogP contribution in [-0.2, 0) is 9.59 Å². The van der Waals surface area contributed by atoms with E-state index >= 15 is 0 Å². The van der Waals surface area contributed by atoms with Gasteiger partial charge in [-0.05, 0) is 44.4 Å². The van der Waals surface area contributed by atoms with Crippen LogP contribution in [0.5, 0.6) is 11.5 Å². The fourth-order valence-electron chi connectivity index (χ4n) is 1.85. The first-order valence-corrected chi connectivity index (χ1v) is 11.7. The average Bonchev–Trinajstić information content (AvgIpc) is 2.84. The van der Waals surface area contributed by atoms with Gasteiger partial charge in [-0.2, -0.15) is 0 Å². The Morgan fingerprint density at radius 2 is 1.47 bits per heavy atom. The lowest BCUT2D eigenvalue weighted by Gasteiger charge is -2.09. The molecule has 0 unspecified atom stereocenters. The van der Waals surface area contributed by atoms with Crippen molar-refractivity contribution in [3.05, 3.63) is 71.8 Å². The van der Waals surface area contributed by atoms with E-state index in [1.807, 2.05) is 39.8 Å². The summed E-state index contributed by atoms with van der Waals surface area (Å²) in [7, 11) is 0. The maximum absolute atomic E-state index is 12.0. The molecule has 0 bridgehead atoms. The summed E-state index contributed by atoms with van der Waals surface area (Å²) in [6.45, 7) is 9.25. The van der Waals surface area contributed by atoms with Crippen molar-refractivity contribution >= 4 is 34.7 Å². The molecule has 2 amide bonds. The van der Waals surface area contributed by atoms with Gasteiger partial charge in [-0.3, -0.25) is 14.4 Å². The molecular formula is C25H34N2O6S. The number of nitrogens with one attached hydrogen (secondary N) is 1. The molecule has 34 heavy (non-hydrogen) atoms. The molecule has 2 rings (SSSR count). The molecule has 0 fully saturated rings. The number of phenols is 1. The van der Waals surface area contributed by atoms with Crippen LogP contribution in [0.15, 0.2) is 60.7 Å². The highest BCUT2D eigenvalue weighted by atomic mass is 32.2. The molecule has 0 aliphatic rings. The van der Waals surface area contributed by atoms with Crippen molar-refractivity contribution in [1.82, 2.24) is 5.32 Å². The van der Waals surface area contributed by atoms with E-state index in [-0.39, 0.29) is 34.6 Å². The molecule has 0 heterocycles. The normalized spacial score (nSPS) is 9.12. The van der Waals surface area contributed by atoms with Gasteiger partial charge in [-0.25, -0.2) is 4.79 Å². The Morgan fingerprint density at radius 1 is 0.971 bits per heavy atom. The zero-order chi connectivity index (χ0) is 26.5. The number of hydrogen-bond donors (Lipinski definition) is 3. The number of carbonyl (C=O) groups excluding carboxylic acids is 4. The quantitative estimate of drug-likeness (QED) is 0.322. The minimum atomic E-state index is -0.704. The van der Waals surface area contributed by atoms with E-state index in [2.05, 4.69) is 11.1 Å². The molecule has 9 heteroatoms. The predicted octanol–water partition coefficient (Wildman–Crippen LogP) is 4.33. The zero-order valence-corrected chi connectivity index (χ0v) is 21.3. The van der Waals surface area contributed by atoms with Crippen molar-refractivity contribution in [1.29, 1.82) is 0 Å². The van der Waals surface area contributed by atoms with Gasteiger partial charge in [-0.15, -0.1) is 0 Å². The summed E-state index contributed by atoms with van der Waals surface area (Å²) < 4.78 is 5.20. The van der Waals surface area contributed by atoms with Crippen molar-refractivity contribution in [3.63, 3.8) is 0 Å². The summed E-state index contributed by atoms with van der Waals surface area (Å²) in [6, 6.07) is 12.6. The Hall–Kier alpha value is -3.59. The molecule has 2 aromatic rings. The number of amides is 2. The van der Waals surface area contributed by atoms with Crippen molar-refractivity contribution in [3.8, 4) is 11.5 Å². The van der Waals surface area contributed by atoms with Gasteiger partial charge < -0.3 is 20.9 Å². The van der Waals surface area contributed by atoms with Crippen LogP contribution in [-0.4, -0.2) is 40.8 Å². The lowest BCUT2D eigenvalue weighted by Crippen LogP contribution is -2.31. The summed E-state index contributed by atoms with van der Waals surface area (Å²) >= 11 is 1.04. The number of carbonyl (C=O) groups is 4. The van der Waals surface area contributed by atoms with Gasteiger partial charge in [0, 0.05) is 6.92 Å². The van der Waals surface area contributed by atoms with Gasteiger partial charge >= 0.3 is 5.97 Å². The third-order valence-electron chi connectivity index (χ3n) is 3.46. The van der Waals surface area contributed by atoms with E-state index in [9.17, 15) is 24.3 Å². The topological polar surface area (TPSA) is 136 Å². The number of ether oxygens (including phenoxy) is 1. The average molecular weight is 491 g/mol.